The Kier molecular flexibility index (Phi) is 3.18. The van der Waals surface area contributed by atoms with Crippen LogP contribution in [0.1, 0.15) is 41.8 Å². The van der Waals surface area contributed by atoms with Gasteiger partial charge in [0.25, 0.3) is 5.78 Å². The van der Waals surface area contributed by atoms with Gasteiger partial charge in [-0.3, -0.25) is 4.79 Å². The molecule has 0 fully saturated rings. The molecule has 0 bridgehead atoms. The molecule has 4 nitrogen and oxygen atoms in total. The fraction of sp³-hybridized carbons (Fsp3) is 0.636. The lowest BCUT2D eigenvalue weighted by molar-refractivity contribution is -0.0888. The first-order valence-corrected chi connectivity index (χ1v) is 5.74. The van der Waals surface area contributed by atoms with Gasteiger partial charge in [-0.2, -0.15) is 13.2 Å². The van der Waals surface area contributed by atoms with Crippen molar-refractivity contribution in [3.63, 3.8) is 0 Å². The van der Waals surface area contributed by atoms with Crippen LogP contribution in [0.25, 0.3) is 0 Å². The summed E-state index contributed by atoms with van der Waals surface area (Å²) in [4.78, 5) is 15.3. The molecule has 7 heteroatoms. The molecule has 1 aliphatic rings. The number of hydrogen-bond donors (Lipinski definition) is 1. The van der Waals surface area contributed by atoms with E-state index >= 15 is 0 Å². The lowest BCUT2D eigenvalue weighted by Crippen LogP contribution is -2.31. The molecule has 0 aliphatic carbocycles. The van der Waals surface area contributed by atoms with Gasteiger partial charge in [0.15, 0.2) is 0 Å². The smallest absolute Gasteiger partial charge is 0.329 e. The number of ketones is 1. The van der Waals surface area contributed by atoms with Crippen molar-refractivity contribution in [2.75, 3.05) is 6.54 Å². The maximum Gasteiger partial charge on any atom is 0.456 e. The Morgan fingerprint density at radius 1 is 1.44 bits per heavy atom. The van der Waals surface area contributed by atoms with Crippen molar-refractivity contribution in [2.45, 2.75) is 39.0 Å². The molecule has 1 aromatic rings. The highest BCUT2D eigenvalue weighted by Crippen LogP contribution is 2.27. The molecule has 0 saturated heterocycles. The molecule has 0 saturated carbocycles. The third-order valence-electron chi connectivity index (χ3n) is 2.90. The van der Waals surface area contributed by atoms with Gasteiger partial charge >= 0.3 is 6.18 Å². The number of nitrogens with zero attached hydrogens (tertiary/aromatic N) is 2. The maximum absolute atomic E-state index is 12.5. The highest BCUT2D eigenvalue weighted by molar-refractivity contribution is 5.99. The highest BCUT2D eigenvalue weighted by atomic mass is 19.4. The first-order chi connectivity index (χ1) is 8.32. The Morgan fingerprint density at radius 3 is 2.67 bits per heavy atom. The molecule has 100 valence electrons. The van der Waals surface area contributed by atoms with E-state index in [1.807, 2.05) is 13.8 Å². The summed E-state index contributed by atoms with van der Waals surface area (Å²) in [5.41, 5.74) is -0.120. The van der Waals surface area contributed by atoms with E-state index in [9.17, 15) is 18.0 Å². The van der Waals surface area contributed by atoms with Gasteiger partial charge in [-0.1, -0.05) is 13.8 Å². The highest BCUT2D eigenvalue weighted by Gasteiger charge is 2.43. The molecule has 2 rings (SSSR count). The second kappa shape index (κ2) is 4.38. The average molecular weight is 261 g/mol. The van der Waals surface area contributed by atoms with E-state index in [0.717, 1.165) is 0 Å². The Labute approximate surface area is 102 Å². The van der Waals surface area contributed by atoms with Gasteiger partial charge in [0.2, 0.25) is 0 Å². The zero-order valence-electron chi connectivity index (χ0n) is 10.1. The first kappa shape index (κ1) is 13.1. The summed E-state index contributed by atoms with van der Waals surface area (Å²) in [6.45, 7) is 5.15. The quantitative estimate of drug-likeness (QED) is 0.826. The summed E-state index contributed by atoms with van der Waals surface area (Å²) in [5.74, 6) is -1.34. The number of Topliss-reactive ketones (excluding diaryl/α,β-unsaturated/α-hetero) is 1. The predicted molar refractivity (Wildman–Crippen MR) is 58.4 cm³/mol. The van der Waals surface area contributed by atoms with E-state index < -0.39 is 17.7 Å². The van der Waals surface area contributed by atoms with Crippen molar-refractivity contribution in [2.24, 2.45) is 0 Å². The van der Waals surface area contributed by atoms with Crippen LogP contribution in [0.2, 0.25) is 0 Å². The van der Waals surface area contributed by atoms with Gasteiger partial charge < -0.3 is 9.88 Å². The minimum atomic E-state index is -4.87. The van der Waals surface area contributed by atoms with E-state index in [1.165, 1.54) is 0 Å². The molecular weight excluding hydrogens is 247 g/mol. The number of carbonyl (C=O) groups excluding carboxylic acids is 1. The lowest BCUT2D eigenvalue weighted by atomic mass is 10.2. The topological polar surface area (TPSA) is 46.9 Å². The normalized spacial score (nSPS) is 15.9. The zero-order valence-corrected chi connectivity index (χ0v) is 10.1. The Balaban J connectivity index is 2.52. The van der Waals surface area contributed by atoms with Crippen LogP contribution < -0.4 is 5.32 Å². The van der Waals surface area contributed by atoms with Crippen LogP contribution in [0.5, 0.6) is 0 Å². The van der Waals surface area contributed by atoms with Crippen molar-refractivity contribution in [1.29, 1.82) is 0 Å². The van der Waals surface area contributed by atoms with E-state index in [0.29, 0.717) is 24.6 Å². The van der Waals surface area contributed by atoms with Gasteiger partial charge in [-0.15, -0.1) is 0 Å². The van der Waals surface area contributed by atoms with Crippen LogP contribution in [0.3, 0.4) is 0 Å². The SMILES string of the molecule is CC(C)c1nc(C(=O)C(F)(F)F)c2n1CCNC2. The molecule has 0 unspecified atom stereocenters. The molecule has 0 spiro atoms. The largest absolute Gasteiger partial charge is 0.456 e. The first-order valence-electron chi connectivity index (χ1n) is 5.74. The van der Waals surface area contributed by atoms with Gasteiger partial charge in [-0.25, -0.2) is 4.98 Å². The maximum atomic E-state index is 12.5. The zero-order chi connectivity index (χ0) is 13.5. The van der Waals surface area contributed by atoms with Crippen molar-refractivity contribution in [3.8, 4) is 0 Å². The number of imidazole rings is 1. The molecule has 0 amide bonds. The van der Waals surface area contributed by atoms with Gasteiger partial charge in [-0.05, 0) is 0 Å². The number of alkyl halides is 3. The van der Waals surface area contributed by atoms with Crippen LogP contribution in [0.15, 0.2) is 0 Å². The Bertz CT molecular complexity index is 477. The van der Waals surface area contributed by atoms with Gasteiger partial charge in [0.1, 0.15) is 11.5 Å². The van der Waals surface area contributed by atoms with Crippen LogP contribution in [-0.2, 0) is 13.1 Å². The van der Waals surface area contributed by atoms with Crippen LogP contribution >= 0.6 is 0 Å². The fourth-order valence-electron chi connectivity index (χ4n) is 2.09. The molecule has 0 aromatic carbocycles. The summed E-state index contributed by atoms with van der Waals surface area (Å²) in [5, 5.41) is 2.96. The summed E-state index contributed by atoms with van der Waals surface area (Å²) in [6, 6.07) is 0. The number of nitrogens with one attached hydrogen (secondary N) is 1. The third kappa shape index (κ3) is 2.14. The number of fused-ring (bicyclic) bond motifs is 1. The van der Waals surface area contributed by atoms with Gasteiger partial charge in [0, 0.05) is 25.6 Å². The van der Waals surface area contributed by atoms with Crippen LogP contribution in [-0.4, -0.2) is 28.1 Å². The van der Waals surface area contributed by atoms with E-state index in [-0.39, 0.29) is 12.5 Å². The molecule has 0 radical (unpaired) electrons. The number of aromatic nitrogens is 2. The molecule has 2 heterocycles. The van der Waals surface area contributed by atoms with Crippen LogP contribution in [0.4, 0.5) is 13.2 Å². The molecule has 1 aliphatic heterocycles. The van der Waals surface area contributed by atoms with Crippen molar-refractivity contribution in [3.05, 3.63) is 17.2 Å². The molecular formula is C11H14F3N3O. The predicted octanol–water partition coefficient (Wildman–Crippen LogP) is 1.85. The van der Waals surface area contributed by atoms with Crippen molar-refractivity contribution < 1.29 is 18.0 Å². The number of carbonyl (C=O) groups is 1. The molecule has 1 N–H and O–H groups in total. The summed E-state index contributed by atoms with van der Waals surface area (Å²) in [7, 11) is 0. The summed E-state index contributed by atoms with van der Waals surface area (Å²) >= 11 is 0. The second-order valence-electron chi connectivity index (χ2n) is 4.58. The minimum absolute atomic E-state index is 0.0170. The van der Waals surface area contributed by atoms with Crippen LogP contribution in [0, 0.1) is 0 Å². The Hall–Kier alpha value is -1.37. The fourth-order valence-corrected chi connectivity index (χ4v) is 2.09. The number of hydrogen-bond acceptors (Lipinski definition) is 3. The molecule has 18 heavy (non-hydrogen) atoms. The lowest BCUT2D eigenvalue weighted by Gasteiger charge is -2.19. The Morgan fingerprint density at radius 2 is 2.11 bits per heavy atom. The van der Waals surface area contributed by atoms with Crippen molar-refractivity contribution >= 4 is 5.78 Å². The molecule has 1 aromatic heterocycles. The minimum Gasteiger partial charge on any atom is -0.329 e. The number of halogens is 3. The monoisotopic (exact) mass is 261 g/mol. The van der Waals surface area contributed by atoms with Gasteiger partial charge in [0.05, 0.1) is 5.69 Å². The van der Waals surface area contributed by atoms with Crippen molar-refractivity contribution in [1.82, 2.24) is 14.9 Å². The second-order valence-corrected chi connectivity index (χ2v) is 4.58. The summed E-state index contributed by atoms with van der Waals surface area (Å²) in [6.07, 6.45) is -4.87. The van der Waals surface area contributed by atoms with E-state index in [2.05, 4.69) is 10.3 Å². The summed E-state index contributed by atoms with van der Waals surface area (Å²) < 4.78 is 39.2. The van der Waals surface area contributed by atoms with E-state index in [4.69, 9.17) is 0 Å². The average Bonchev–Trinajstić information content (AvgIpc) is 2.66. The molecule has 0 atom stereocenters. The number of rotatable bonds is 2. The van der Waals surface area contributed by atoms with E-state index in [1.54, 1.807) is 4.57 Å². The third-order valence-corrected chi connectivity index (χ3v) is 2.90. The standard InChI is InChI=1S/C11H14F3N3O/c1-6(2)10-16-8(9(18)11(12,13)14)7-5-15-3-4-17(7)10/h6,15H,3-5H2,1-2H3.